The average Bonchev–Trinajstić information content (AvgIpc) is 2.15. The van der Waals surface area contributed by atoms with E-state index in [2.05, 4.69) is 39.0 Å². The monoisotopic (exact) mass is 191 g/mol. The quantitative estimate of drug-likeness (QED) is 0.451. The molecule has 0 N–H and O–H groups in total. The van der Waals surface area contributed by atoms with Gasteiger partial charge in [-0.25, -0.2) is 0 Å². The molecule has 0 spiro atoms. The molecule has 0 unspecified atom stereocenters. The van der Waals surface area contributed by atoms with Crippen molar-refractivity contribution >= 4 is 0 Å². The van der Waals surface area contributed by atoms with Gasteiger partial charge in [-0.1, -0.05) is 30.2 Å². The van der Waals surface area contributed by atoms with E-state index in [4.69, 9.17) is 5.26 Å². The molecule has 0 aliphatic heterocycles. The first-order valence-corrected chi connectivity index (χ1v) is 5.39. The van der Waals surface area contributed by atoms with Crippen molar-refractivity contribution in [2.75, 3.05) is 0 Å². The summed E-state index contributed by atoms with van der Waals surface area (Å²) in [6.45, 7) is 6.44. The van der Waals surface area contributed by atoms with Crippen LogP contribution >= 0.6 is 0 Å². The Morgan fingerprint density at radius 2 is 1.93 bits per heavy atom. The molecule has 1 nitrogen and oxygen atoms in total. The Bertz CT molecular complexity index is 236. The van der Waals surface area contributed by atoms with E-state index in [9.17, 15) is 0 Å². The fourth-order valence-corrected chi connectivity index (χ4v) is 1.31. The molecule has 0 atom stereocenters. The predicted octanol–water partition coefficient (Wildman–Crippen LogP) is 4.37. The molecule has 0 aliphatic rings. The maximum Gasteiger partial charge on any atom is 0.0625 e. The third-order valence-electron chi connectivity index (χ3n) is 2.16. The van der Waals surface area contributed by atoms with Crippen LogP contribution in [0.25, 0.3) is 0 Å². The Hall–Kier alpha value is -1.03. The molecule has 0 aromatic carbocycles. The van der Waals surface area contributed by atoms with Crippen molar-refractivity contribution in [1.82, 2.24) is 0 Å². The van der Waals surface area contributed by atoms with Crippen LogP contribution in [0.3, 0.4) is 0 Å². The fourth-order valence-electron chi connectivity index (χ4n) is 1.31. The molecule has 0 radical (unpaired) electrons. The molecule has 78 valence electrons. The Morgan fingerprint density at radius 1 is 1.21 bits per heavy atom. The highest BCUT2D eigenvalue weighted by atomic mass is 14.2. The van der Waals surface area contributed by atoms with Crippen molar-refractivity contribution < 1.29 is 0 Å². The second kappa shape index (κ2) is 8.56. The van der Waals surface area contributed by atoms with Crippen LogP contribution in [0.5, 0.6) is 0 Å². The van der Waals surface area contributed by atoms with Crippen molar-refractivity contribution in [3.8, 4) is 6.07 Å². The summed E-state index contributed by atoms with van der Waals surface area (Å²) in [6, 6.07) is 2.16. The molecule has 1 heteroatoms. The summed E-state index contributed by atoms with van der Waals surface area (Å²) in [5.74, 6) is 0. The van der Waals surface area contributed by atoms with Gasteiger partial charge in [-0.2, -0.15) is 5.26 Å². The SMILES string of the molecule is CCC(=CCCC#N)CCC=C(C)C. The van der Waals surface area contributed by atoms with E-state index < -0.39 is 0 Å². The maximum absolute atomic E-state index is 8.41. The highest BCUT2D eigenvalue weighted by Gasteiger charge is 1.92. The molecule has 0 heterocycles. The van der Waals surface area contributed by atoms with Crippen LogP contribution in [-0.2, 0) is 0 Å². The molecule has 14 heavy (non-hydrogen) atoms. The van der Waals surface area contributed by atoms with E-state index in [1.165, 1.54) is 11.1 Å². The van der Waals surface area contributed by atoms with Gasteiger partial charge in [0.15, 0.2) is 0 Å². The van der Waals surface area contributed by atoms with Crippen LogP contribution in [0.1, 0.15) is 52.9 Å². The van der Waals surface area contributed by atoms with E-state index in [1.807, 2.05) is 0 Å². The molecule has 0 aromatic rings. The summed E-state index contributed by atoms with van der Waals surface area (Å²) in [5, 5.41) is 8.41. The number of nitriles is 1. The Morgan fingerprint density at radius 3 is 2.43 bits per heavy atom. The molecule has 0 bridgehead atoms. The van der Waals surface area contributed by atoms with Crippen LogP contribution in [0.2, 0.25) is 0 Å². The maximum atomic E-state index is 8.41. The second-order valence-electron chi connectivity index (χ2n) is 3.73. The summed E-state index contributed by atoms with van der Waals surface area (Å²) in [6.07, 6.45) is 9.44. The van der Waals surface area contributed by atoms with Gasteiger partial charge in [0.05, 0.1) is 6.07 Å². The van der Waals surface area contributed by atoms with Crippen LogP contribution in [-0.4, -0.2) is 0 Å². The van der Waals surface area contributed by atoms with E-state index in [0.717, 1.165) is 25.7 Å². The molecule has 0 saturated carbocycles. The Balaban J connectivity index is 3.85. The number of rotatable bonds is 6. The van der Waals surface area contributed by atoms with Gasteiger partial charge >= 0.3 is 0 Å². The first-order chi connectivity index (χ1) is 6.70. The van der Waals surface area contributed by atoms with Gasteiger partial charge in [-0.15, -0.1) is 0 Å². The Labute approximate surface area is 88.1 Å². The summed E-state index contributed by atoms with van der Waals surface area (Å²) < 4.78 is 0. The first kappa shape index (κ1) is 13.0. The van der Waals surface area contributed by atoms with Gasteiger partial charge in [0.1, 0.15) is 0 Å². The van der Waals surface area contributed by atoms with Crippen molar-refractivity contribution in [2.24, 2.45) is 0 Å². The summed E-state index contributed by atoms with van der Waals surface area (Å²) in [5.41, 5.74) is 2.87. The standard InChI is InChI=1S/C13H21N/c1-4-13(9-5-6-11-14)10-7-8-12(2)3/h8-9H,4-7,10H2,1-3H3. The van der Waals surface area contributed by atoms with E-state index in [1.54, 1.807) is 0 Å². The number of unbranched alkanes of at least 4 members (excludes halogenated alkanes) is 1. The smallest absolute Gasteiger partial charge is 0.0625 e. The normalized spacial score (nSPS) is 10.9. The van der Waals surface area contributed by atoms with Gasteiger partial charge in [-0.3, -0.25) is 0 Å². The lowest BCUT2D eigenvalue weighted by atomic mass is 10.0. The van der Waals surface area contributed by atoms with Gasteiger partial charge in [0.25, 0.3) is 0 Å². The highest BCUT2D eigenvalue weighted by Crippen LogP contribution is 2.12. The largest absolute Gasteiger partial charge is 0.198 e. The van der Waals surface area contributed by atoms with E-state index in [-0.39, 0.29) is 0 Å². The molecule has 0 rings (SSSR count). The van der Waals surface area contributed by atoms with Gasteiger partial charge < -0.3 is 0 Å². The number of allylic oxidation sites excluding steroid dienone is 4. The van der Waals surface area contributed by atoms with Crippen molar-refractivity contribution in [3.05, 3.63) is 23.3 Å². The zero-order valence-corrected chi connectivity index (χ0v) is 9.64. The van der Waals surface area contributed by atoms with Crippen LogP contribution in [0.15, 0.2) is 23.3 Å². The topological polar surface area (TPSA) is 23.8 Å². The van der Waals surface area contributed by atoms with E-state index >= 15 is 0 Å². The van der Waals surface area contributed by atoms with Gasteiger partial charge in [0.2, 0.25) is 0 Å². The summed E-state index contributed by atoms with van der Waals surface area (Å²) in [4.78, 5) is 0. The van der Waals surface area contributed by atoms with Gasteiger partial charge in [-0.05, 0) is 39.5 Å². The third kappa shape index (κ3) is 7.61. The third-order valence-corrected chi connectivity index (χ3v) is 2.16. The molecule has 0 aromatic heterocycles. The fraction of sp³-hybridized carbons (Fsp3) is 0.615. The second-order valence-corrected chi connectivity index (χ2v) is 3.73. The number of hydrogen-bond acceptors (Lipinski definition) is 1. The molecule has 0 aliphatic carbocycles. The molecule has 0 fully saturated rings. The molecular weight excluding hydrogens is 170 g/mol. The van der Waals surface area contributed by atoms with Crippen LogP contribution in [0, 0.1) is 11.3 Å². The predicted molar refractivity (Wildman–Crippen MR) is 61.9 cm³/mol. The minimum Gasteiger partial charge on any atom is -0.198 e. The summed E-state index contributed by atoms with van der Waals surface area (Å²) >= 11 is 0. The minimum atomic E-state index is 0.645. The summed E-state index contributed by atoms with van der Waals surface area (Å²) in [7, 11) is 0. The van der Waals surface area contributed by atoms with Gasteiger partial charge in [0, 0.05) is 6.42 Å². The lowest BCUT2D eigenvalue weighted by Crippen LogP contribution is -1.82. The molecule has 0 amide bonds. The zero-order valence-electron chi connectivity index (χ0n) is 9.64. The van der Waals surface area contributed by atoms with E-state index in [0.29, 0.717) is 6.42 Å². The number of nitrogens with zero attached hydrogens (tertiary/aromatic N) is 1. The van der Waals surface area contributed by atoms with Crippen molar-refractivity contribution in [3.63, 3.8) is 0 Å². The lowest BCUT2D eigenvalue weighted by molar-refractivity contribution is 0.881. The van der Waals surface area contributed by atoms with Crippen molar-refractivity contribution in [2.45, 2.75) is 52.9 Å². The average molecular weight is 191 g/mol. The van der Waals surface area contributed by atoms with Crippen LogP contribution in [0.4, 0.5) is 0 Å². The first-order valence-electron chi connectivity index (χ1n) is 5.39. The Kier molecular flexibility index (Phi) is 7.93. The van der Waals surface area contributed by atoms with Crippen molar-refractivity contribution in [1.29, 1.82) is 5.26 Å². The zero-order chi connectivity index (χ0) is 10.8. The minimum absolute atomic E-state index is 0.645. The number of hydrogen-bond donors (Lipinski definition) is 0. The highest BCUT2D eigenvalue weighted by molar-refractivity contribution is 5.04. The molecule has 0 saturated heterocycles. The molecular formula is C13H21N. The lowest BCUT2D eigenvalue weighted by Gasteiger charge is -2.01. The van der Waals surface area contributed by atoms with Crippen LogP contribution < -0.4 is 0 Å².